The van der Waals surface area contributed by atoms with Crippen LogP contribution in [0.25, 0.3) is 20.9 Å². The summed E-state index contributed by atoms with van der Waals surface area (Å²) in [5.74, 6) is 2.47. The van der Waals surface area contributed by atoms with Crippen LogP contribution >= 0.6 is 34.3 Å². The molecule has 4 aromatic heterocycles. The molecule has 0 aliphatic carbocycles. The summed E-state index contributed by atoms with van der Waals surface area (Å²) >= 11 is 7.77. The Kier molecular flexibility index (Phi) is 20.9. The standard InChI is InChI=1S/C24H26N6O4S.C22H25N5O3S.C3H3ClO/c1-3-22(31)30-10-12-33-15-18(30)23(32)25-9-11-34-21-13-20(27-16(2)28-21)29-24-26-14-19(35-24)17-7-5-4-6-8-17;1-15-25-19(27-22-24-13-18(31-22)16-6-3-2-4-7-16)12-20(26-15)30-11-9-23-21(28)17-8-5-10-29-14-17;1-2-3(4)5/h3-8,13-14,18H,1,9-12,15H2,2H3,(H,25,32)(H,26,27,28,29);2-4,6-7,12-13,17H,5,8-11,14H2,1H3,(H,23,28)(H,24,25,26,27);2H,1H2/t18-;17-;/m00./s1. The van der Waals surface area contributed by atoms with E-state index in [1.165, 1.54) is 22.3 Å². The van der Waals surface area contributed by atoms with Crippen molar-refractivity contribution >= 4 is 79.1 Å². The number of aromatic nitrogens is 6. The molecule has 3 amide bonds. The Hall–Kier alpha value is -7.17. The third-order valence-corrected chi connectivity index (χ3v) is 12.2. The smallest absolute Gasteiger partial charge is 0.246 e. The van der Waals surface area contributed by atoms with Crippen molar-refractivity contribution in [1.29, 1.82) is 0 Å². The van der Waals surface area contributed by atoms with Gasteiger partial charge >= 0.3 is 0 Å². The number of halogens is 1. The quantitative estimate of drug-likeness (QED) is 0.0383. The zero-order valence-electron chi connectivity index (χ0n) is 39.2. The second-order valence-corrected chi connectivity index (χ2v) is 17.8. The van der Waals surface area contributed by atoms with Gasteiger partial charge in [0.1, 0.15) is 42.5 Å². The van der Waals surface area contributed by atoms with Crippen molar-refractivity contribution in [3.8, 4) is 32.6 Å². The van der Waals surface area contributed by atoms with Gasteiger partial charge in [0.15, 0.2) is 10.3 Å². The van der Waals surface area contributed by atoms with Gasteiger partial charge < -0.3 is 45.1 Å². The molecule has 22 heteroatoms. The van der Waals surface area contributed by atoms with Crippen LogP contribution in [0.15, 0.2) is 111 Å². The van der Waals surface area contributed by atoms with Crippen LogP contribution in [0.4, 0.5) is 21.9 Å². The molecular weight excluding hydrogens is 970 g/mol. The van der Waals surface area contributed by atoms with E-state index in [0.29, 0.717) is 73.1 Å². The van der Waals surface area contributed by atoms with E-state index in [4.69, 9.17) is 30.5 Å². The Morgan fingerprint density at radius 3 is 1.72 bits per heavy atom. The number of ether oxygens (including phenoxy) is 4. The van der Waals surface area contributed by atoms with Crippen LogP contribution in [0.2, 0.25) is 0 Å². The van der Waals surface area contributed by atoms with Crippen molar-refractivity contribution in [3.63, 3.8) is 0 Å². The molecule has 2 atom stereocenters. The van der Waals surface area contributed by atoms with Crippen molar-refractivity contribution < 1.29 is 38.1 Å². The maximum absolute atomic E-state index is 12.5. The number of amides is 3. The normalized spacial score (nSPS) is 15.0. The van der Waals surface area contributed by atoms with E-state index in [-0.39, 0.29) is 43.4 Å². The molecule has 4 N–H and O–H groups in total. The second kappa shape index (κ2) is 27.9. The molecule has 2 aliphatic rings. The number of aryl methyl sites for hydroxylation is 2. The van der Waals surface area contributed by atoms with Gasteiger partial charge in [0.25, 0.3) is 0 Å². The van der Waals surface area contributed by atoms with Gasteiger partial charge in [-0.25, -0.2) is 19.9 Å². The van der Waals surface area contributed by atoms with Gasteiger partial charge in [-0.05, 0) is 61.6 Å². The van der Waals surface area contributed by atoms with E-state index in [2.05, 4.69) is 76.5 Å². The molecule has 0 radical (unpaired) electrons. The van der Waals surface area contributed by atoms with Crippen LogP contribution in [0, 0.1) is 19.8 Å². The topological polar surface area (TPSA) is 234 Å². The summed E-state index contributed by atoms with van der Waals surface area (Å²) in [4.78, 5) is 76.0. The minimum atomic E-state index is -0.689. The fraction of sp³-hybridized carbons (Fsp3) is 0.306. The third kappa shape index (κ3) is 17.3. The van der Waals surface area contributed by atoms with Gasteiger partial charge in [0.2, 0.25) is 34.7 Å². The number of anilines is 4. The molecule has 19 nitrogen and oxygen atoms in total. The Morgan fingerprint density at radius 2 is 1.24 bits per heavy atom. The minimum absolute atomic E-state index is 0.0162. The van der Waals surface area contributed by atoms with Crippen molar-refractivity contribution in [2.24, 2.45) is 5.92 Å². The number of morpholine rings is 1. The molecule has 2 aliphatic heterocycles. The first-order chi connectivity index (χ1) is 34.5. The maximum atomic E-state index is 12.5. The van der Waals surface area contributed by atoms with Crippen LogP contribution in [0.5, 0.6) is 11.8 Å². The molecule has 0 spiro atoms. The Labute approximate surface area is 424 Å². The first-order valence-corrected chi connectivity index (χ1v) is 24.5. The number of nitrogens with zero attached hydrogens (tertiary/aromatic N) is 7. The van der Waals surface area contributed by atoms with E-state index in [1.54, 1.807) is 37.3 Å². The van der Waals surface area contributed by atoms with Gasteiger partial charge in [0.05, 0.1) is 48.6 Å². The molecule has 0 saturated carbocycles. The van der Waals surface area contributed by atoms with Crippen molar-refractivity contribution in [1.82, 2.24) is 45.4 Å². The lowest BCUT2D eigenvalue weighted by atomic mass is 10.0. The largest absolute Gasteiger partial charge is 0.476 e. The van der Waals surface area contributed by atoms with Crippen molar-refractivity contribution in [2.45, 2.75) is 32.7 Å². The van der Waals surface area contributed by atoms with Gasteiger partial charge in [-0.3, -0.25) is 19.2 Å². The highest BCUT2D eigenvalue weighted by molar-refractivity contribution is 7.19. The molecule has 2 aromatic carbocycles. The van der Waals surface area contributed by atoms with E-state index >= 15 is 0 Å². The second-order valence-electron chi connectivity index (χ2n) is 15.3. The van der Waals surface area contributed by atoms with Crippen molar-refractivity contribution in [3.05, 3.63) is 122 Å². The molecule has 6 aromatic rings. The lowest BCUT2D eigenvalue weighted by molar-refractivity contribution is -0.145. The highest BCUT2D eigenvalue weighted by Gasteiger charge is 2.31. The van der Waals surface area contributed by atoms with Gasteiger partial charge in [-0.1, -0.05) is 96.5 Å². The lowest BCUT2D eigenvalue weighted by Crippen LogP contribution is -2.55. The summed E-state index contributed by atoms with van der Waals surface area (Å²) in [6.45, 7) is 13.4. The van der Waals surface area contributed by atoms with E-state index < -0.39 is 11.3 Å². The fourth-order valence-corrected chi connectivity index (χ4v) is 8.44. The van der Waals surface area contributed by atoms with Crippen molar-refractivity contribution in [2.75, 3.05) is 69.9 Å². The third-order valence-electron chi connectivity index (χ3n) is 10.1. The summed E-state index contributed by atoms with van der Waals surface area (Å²) in [5.41, 5.74) is 2.22. The van der Waals surface area contributed by atoms with Crippen LogP contribution in [0.1, 0.15) is 24.5 Å². The molecule has 8 rings (SSSR count). The Bertz CT molecular complexity index is 2710. The van der Waals surface area contributed by atoms with Gasteiger partial charge in [0, 0.05) is 37.7 Å². The molecule has 71 heavy (non-hydrogen) atoms. The highest BCUT2D eigenvalue weighted by Crippen LogP contribution is 2.32. The van der Waals surface area contributed by atoms with Crippen LogP contribution in [-0.4, -0.2) is 123 Å². The fourth-order valence-electron chi connectivity index (χ4n) is 6.78. The average Bonchev–Trinajstić information content (AvgIpc) is 4.07. The van der Waals surface area contributed by atoms with E-state index in [1.807, 2.05) is 60.9 Å². The number of hydrogen-bond acceptors (Lipinski definition) is 18. The summed E-state index contributed by atoms with van der Waals surface area (Å²) in [5, 5.41) is 13.0. The maximum Gasteiger partial charge on any atom is 0.246 e. The number of carbonyl (C=O) groups excluding carboxylic acids is 4. The number of thiazole rings is 2. The highest BCUT2D eigenvalue weighted by atomic mass is 35.5. The van der Waals surface area contributed by atoms with Gasteiger partial charge in [-0.15, -0.1) is 0 Å². The average molecular weight is 1020 g/mol. The molecule has 372 valence electrons. The molecule has 2 saturated heterocycles. The van der Waals surface area contributed by atoms with E-state index in [9.17, 15) is 19.2 Å². The monoisotopic (exact) mass is 1020 g/mol. The van der Waals surface area contributed by atoms with Crippen LogP contribution in [-0.2, 0) is 28.7 Å². The number of hydrogen-bond donors (Lipinski definition) is 4. The predicted molar refractivity (Wildman–Crippen MR) is 273 cm³/mol. The van der Waals surface area contributed by atoms with E-state index in [0.717, 1.165) is 51.5 Å². The molecule has 6 heterocycles. The number of rotatable bonds is 18. The SMILES string of the molecule is C=CC(=O)Cl.C=CC(=O)N1CCOC[C@H]1C(=O)NCCOc1cc(Nc2ncc(-c3ccccc3)s2)nc(C)n1.Cc1nc(Nc2ncc(-c3ccccc3)s2)cc(OCCNC(=O)[C@H]2CCCOC2)n1. The number of benzene rings is 2. The minimum Gasteiger partial charge on any atom is -0.476 e. The Balaban J connectivity index is 0.000000213. The number of carbonyl (C=O) groups is 4. The van der Waals surface area contributed by atoms with Crippen LogP contribution < -0.4 is 30.7 Å². The summed E-state index contributed by atoms with van der Waals surface area (Å²) in [6, 6.07) is 22.8. The zero-order valence-corrected chi connectivity index (χ0v) is 41.6. The molecule has 0 bridgehead atoms. The lowest BCUT2D eigenvalue weighted by Gasteiger charge is -2.33. The first kappa shape index (κ1) is 53.2. The van der Waals surface area contributed by atoms with Crippen LogP contribution in [0.3, 0.4) is 0 Å². The number of allylic oxidation sites excluding steroid dienone is 1. The molecular formula is C49H54ClN11O8S2. The zero-order chi connectivity index (χ0) is 50.4. The summed E-state index contributed by atoms with van der Waals surface area (Å²) in [7, 11) is 0. The summed E-state index contributed by atoms with van der Waals surface area (Å²) < 4.78 is 22.2. The molecule has 2 fully saturated rings. The predicted octanol–water partition coefficient (Wildman–Crippen LogP) is 7.07. The molecule has 0 unspecified atom stereocenters. The Morgan fingerprint density at radius 1 is 0.732 bits per heavy atom. The first-order valence-electron chi connectivity index (χ1n) is 22.5. The number of nitrogens with one attached hydrogen (secondary N) is 4. The summed E-state index contributed by atoms with van der Waals surface area (Å²) in [6.07, 6.45) is 7.70. The van der Waals surface area contributed by atoms with Gasteiger partial charge in [-0.2, -0.15) is 9.97 Å².